The van der Waals surface area contributed by atoms with Crippen molar-refractivity contribution in [2.45, 2.75) is 26.8 Å². The zero-order valence-electron chi connectivity index (χ0n) is 20.7. The second kappa shape index (κ2) is 14.2. The molecule has 0 fully saturated rings. The summed E-state index contributed by atoms with van der Waals surface area (Å²) in [6.45, 7) is 11.5. The molecule has 0 aromatic carbocycles. The molecule has 36 heavy (non-hydrogen) atoms. The van der Waals surface area contributed by atoms with Gasteiger partial charge in [-0.25, -0.2) is 18.5 Å². The minimum atomic E-state index is -2.61. The zero-order chi connectivity index (χ0) is 26.5. The third-order valence-electron chi connectivity index (χ3n) is 4.76. The van der Waals surface area contributed by atoms with Gasteiger partial charge in [0.1, 0.15) is 12.9 Å². The Morgan fingerprint density at radius 1 is 1.28 bits per heavy atom. The highest BCUT2D eigenvalue weighted by molar-refractivity contribution is 6.14. The fourth-order valence-electron chi connectivity index (χ4n) is 2.83. The maximum atomic E-state index is 12.8. The van der Waals surface area contributed by atoms with Gasteiger partial charge in [-0.3, -0.25) is 9.98 Å². The number of ether oxygens (including phenoxy) is 2. The predicted octanol–water partition coefficient (Wildman–Crippen LogP) is 4.45. The molecule has 0 radical (unpaired) electrons. The summed E-state index contributed by atoms with van der Waals surface area (Å²) in [5.41, 5.74) is 3.10. The highest BCUT2D eigenvalue weighted by Gasteiger charge is 2.13. The molecule has 11 heteroatoms. The Kier molecular flexibility index (Phi) is 11.0. The molecule has 0 unspecified atom stereocenters. The molecule has 0 N–H and O–H groups in total. The molecule has 2 aromatic rings. The monoisotopic (exact) mass is 497 g/mol. The number of aromatic nitrogens is 5. The molecule has 0 atom stereocenters. The molecule has 0 bridgehead atoms. The Morgan fingerprint density at radius 2 is 2.06 bits per heavy atom. The van der Waals surface area contributed by atoms with Gasteiger partial charge >= 0.3 is 0 Å². The van der Waals surface area contributed by atoms with Crippen LogP contribution in [0.1, 0.15) is 25.1 Å². The third kappa shape index (κ3) is 8.49. The number of halogens is 2. The number of rotatable bonds is 12. The van der Waals surface area contributed by atoms with E-state index in [0.717, 1.165) is 22.9 Å². The summed E-state index contributed by atoms with van der Waals surface area (Å²) in [7, 11) is 3.12. The first kappa shape index (κ1) is 28.0. The average molecular weight is 498 g/mol. The lowest BCUT2D eigenvalue weighted by Crippen LogP contribution is -2.12. The van der Waals surface area contributed by atoms with Crippen LogP contribution in [0.5, 0.6) is 0 Å². The zero-order valence-corrected chi connectivity index (χ0v) is 20.7. The van der Waals surface area contributed by atoms with Crippen LogP contribution in [0.2, 0.25) is 0 Å². The summed E-state index contributed by atoms with van der Waals surface area (Å²) in [5.74, 6) is 0.744. The van der Waals surface area contributed by atoms with Gasteiger partial charge in [-0.1, -0.05) is 25.3 Å². The van der Waals surface area contributed by atoms with Crippen LogP contribution < -0.4 is 0 Å². The van der Waals surface area contributed by atoms with Crippen molar-refractivity contribution >= 4 is 17.8 Å². The summed E-state index contributed by atoms with van der Waals surface area (Å²) in [6, 6.07) is 3.63. The van der Waals surface area contributed by atoms with Crippen molar-refractivity contribution in [1.82, 2.24) is 25.2 Å². The second-order valence-corrected chi connectivity index (χ2v) is 7.43. The number of tetrazole rings is 1. The molecular weight excluding hydrogens is 468 g/mol. The van der Waals surface area contributed by atoms with E-state index >= 15 is 0 Å². The van der Waals surface area contributed by atoms with Gasteiger partial charge in [0.15, 0.2) is 0 Å². The molecule has 0 aliphatic rings. The molecule has 2 heterocycles. The molecular formula is C25H29F2N7O2. The van der Waals surface area contributed by atoms with E-state index < -0.39 is 6.43 Å². The van der Waals surface area contributed by atoms with Crippen molar-refractivity contribution in [2.24, 2.45) is 9.98 Å². The largest absolute Gasteiger partial charge is 0.494 e. The van der Waals surface area contributed by atoms with Crippen molar-refractivity contribution in [3.63, 3.8) is 0 Å². The van der Waals surface area contributed by atoms with E-state index in [1.807, 2.05) is 13.0 Å². The van der Waals surface area contributed by atoms with Crippen LogP contribution in [0.4, 0.5) is 8.78 Å². The normalized spacial score (nSPS) is 13.7. The predicted molar refractivity (Wildman–Crippen MR) is 136 cm³/mol. The molecule has 0 saturated heterocycles. The standard InChI is InChI=1S/C25H29F2N7O2/c1-7-20(24(26)27)9-8-18(3)36-15-17(2)23(13-28-5)25(35-6)31-19(4)21-10-11-29-22(12-21)14-34-16-30-32-33-34/h7-13,16,24H,1,4,14-15H2,2-3,5-6H3/b18-8+,20-9+,23-17-,28-13?,31-25?. The number of hydrogen-bond donors (Lipinski definition) is 0. The topological polar surface area (TPSA) is 99.7 Å². The highest BCUT2D eigenvalue weighted by atomic mass is 19.3. The SMILES string of the molecule is C=C/C(=C\C=C(/C)OC/C(C)=C(/C=NC)C(=NC(=C)c1ccnc(Cn2cnnn2)c1)OC)C(F)F. The van der Waals surface area contributed by atoms with E-state index in [1.54, 1.807) is 37.1 Å². The Hall–Kier alpha value is -4.28. The summed E-state index contributed by atoms with van der Waals surface area (Å²) < 4.78 is 38.5. The Balaban J connectivity index is 2.24. The van der Waals surface area contributed by atoms with Crippen molar-refractivity contribution < 1.29 is 18.3 Å². The summed E-state index contributed by atoms with van der Waals surface area (Å²) in [4.78, 5) is 13.0. The smallest absolute Gasteiger partial charge is 0.263 e. The molecule has 190 valence electrons. The first-order valence-corrected chi connectivity index (χ1v) is 10.8. The number of methoxy groups -OCH3 is 1. The lowest BCUT2D eigenvalue weighted by molar-refractivity contribution is 0.194. The second-order valence-electron chi connectivity index (χ2n) is 7.43. The maximum absolute atomic E-state index is 12.8. The van der Waals surface area contributed by atoms with Crippen LogP contribution in [0.25, 0.3) is 5.70 Å². The molecule has 2 aromatic heterocycles. The lowest BCUT2D eigenvalue weighted by Gasteiger charge is -2.13. The number of aliphatic imine (C=N–C) groups is 2. The molecule has 0 aliphatic heterocycles. The van der Waals surface area contributed by atoms with Gasteiger partial charge in [0.05, 0.1) is 36.4 Å². The van der Waals surface area contributed by atoms with Crippen molar-refractivity contribution in [3.8, 4) is 0 Å². The first-order chi connectivity index (χ1) is 17.3. The van der Waals surface area contributed by atoms with E-state index in [0.29, 0.717) is 29.5 Å². The van der Waals surface area contributed by atoms with E-state index in [2.05, 4.69) is 43.7 Å². The number of nitrogens with zero attached hydrogens (tertiary/aromatic N) is 7. The van der Waals surface area contributed by atoms with Crippen LogP contribution in [-0.4, -0.2) is 64.5 Å². The van der Waals surface area contributed by atoms with Gasteiger partial charge in [0.2, 0.25) is 5.90 Å². The number of pyridine rings is 1. The van der Waals surface area contributed by atoms with Gasteiger partial charge in [0.25, 0.3) is 6.43 Å². The van der Waals surface area contributed by atoms with Gasteiger partial charge in [-0.05, 0) is 48.1 Å². The lowest BCUT2D eigenvalue weighted by atomic mass is 10.1. The molecule has 0 spiro atoms. The Labute approximate surface area is 209 Å². The summed E-state index contributed by atoms with van der Waals surface area (Å²) in [6.07, 6.45) is 6.01. The summed E-state index contributed by atoms with van der Waals surface area (Å²) in [5, 5.41) is 11.1. The van der Waals surface area contributed by atoms with E-state index in [-0.39, 0.29) is 12.2 Å². The fourth-order valence-corrected chi connectivity index (χ4v) is 2.83. The van der Waals surface area contributed by atoms with Crippen molar-refractivity contribution in [3.05, 3.63) is 89.8 Å². The van der Waals surface area contributed by atoms with Crippen molar-refractivity contribution in [2.75, 3.05) is 20.8 Å². The van der Waals surface area contributed by atoms with Gasteiger partial charge < -0.3 is 9.47 Å². The fraction of sp³-hybridized carbons (Fsp3) is 0.280. The van der Waals surface area contributed by atoms with Crippen LogP contribution in [0.3, 0.4) is 0 Å². The van der Waals surface area contributed by atoms with Gasteiger partial charge in [0, 0.05) is 30.6 Å². The minimum absolute atomic E-state index is 0.163. The minimum Gasteiger partial charge on any atom is -0.494 e. The number of hydrogen-bond acceptors (Lipinski definition) is 8. The molecule has 2 rings (SSSR count). The molecule has 0 saturated carbocycles. The van der Waals surface area contributed by atoms with Crippen LogP contribution in [-0.2, 0) is 16.0 Å². The van der Waals surface area contributed by atoms with Gasteiger partial charge in [-0.2, -0.15) is 0 Å². The molecule has 0 amide bonds. The maximum Gasteiger partial charge on any atom is 0.263 e. The summed E-state index contributed by atoms with van der Waals surface area (Å²) >= 11 is 0. The Morgan fingerprint density at radius 3 is 2.67 bits per heavy atom. The number of alkyl halides is 2. The third-order valence-corrected chi connectivity index (χ3v) is 4.76. The molecule has 9 nitrogen and oxygen atoms in total. The molecule has 0 aliphatic carbocycles. The van der Waals surface area contributed by atoms with Gasteiger partial charge in [-0.15, -0.1) is 5.10 Å². The average Bonchev–Trinajstić information content (AvgIpc) is 3.37. The highest BCUT2D eigenvalue weighted by Crippen LogP contribution is 2.18. The quantitative estimate of drug-likeness (QED) is 0.186. The van der Waals surface area contributed by atoms with Crippen molar-refractivity contribution in [1.29, 1.82) is 0 Å². The van der Waals surface area contributed by atoms with Crippen LogP contribution in [0.15, 0.2) is 88.5 Å². The van der Waals surface area contributed by atoms with E-state index in [1.165, 1.54) is 25.6 Å². The van der Waals surface area contributed by atoms with E-state index in [9.17, 15) is 8.78 Å². The van der Waals surface area contributed by atoms with Crippen LogP contribution >= 0.6 is 0 Å². The van der Waals surface area contributed by atoms with E-state index in [4.69, 9.17) is 9.47 Å². The first-order valence-electron chi connectivity index (χ1n) is 10.8. The Bertz CT molecular complexity index is 1200. The number of allylic oxidation sites excluding steroid dienone is 5. The van der Waals surface area contributed by atoms with Crippen LogP contribution in [0, 0.1) is 0 Å².